The maximum Gasteiger partial charge on any atom is 0.253 e. The fourth-order valence-electron chi connectivity index (χ4n) is 5.57. The first kappa shape index (κ1) is 19.3. The summed E-state index contributed by atoms with van der Waals surface area (Å²) in [6, 6.07) is 8.37. The van der Waals surface area contributed by atoms with Crippen molar-refractivity contribution >= 4 is 5.91 Å². The highest BCUT2D eigenvalue weighted by atomic mass is 16.5. The summed E-state index contributed by atoms with van der Waals surface area (Å²) >= 11 is 0. The van der Waals surface area contributed by atoms with Crippen molar-refractivity contribution in [1.29, 1.82) is 0 Å². The van der Waals surface area contributed by atoms with E-state index in [9.17, 15) is 4.79 Å². The summed E-state index contributed by atoms with van der Waals surface area (Å²) in [5.41, 5.74) is 0.791. The third-order valence-corrected chi connectivity index (χ3v) is 7.08. The molecular formula is C22H31N3O4. The number of carbonyl (C=O) groups excluding carboxylic acids is 1. The second kappa shape index (κ2) is 7.87. The molecule has 4 fully saturated rings. The lowest BCUT2D eigenvalue weighted by Crippen LogP contribution is -2.81. The zero-order valence-electron chi connectivity index (χ0n) is 17.2. The molecule has 29 heavy (non-hydrogen) atoms. The number of hydrogen-bond acceptors (Lipinski definition) is 6. The van der Waals surface area contributed by atoms with E-state index in [1.165, 1.54) is 0 Å². The van der Waals surface area contributed by atoms with E-state index < -0.39 is 0 Å². The van der Waals surface area contributed by atoms with Gasteiger partial charge in [-0.3, -0.25) is 14.6 Å². The lowest BCUT2D eigenvalue weighted by Gasteiger charge is -2.64. The summed E-state index contributed by atoms with van der Waals surface area (Å²) in [6.45, 7) is 7.84. The average Bonchev–Trinajstić information content (AvgIpc) is 2.77. The summed E-state index contributed by atoms with van der Waals surface area (Å²) in [5.74, 6) is 0.886. The fraction of sp³-hybridized carbons (Fsp3) is 0.682. The molecule has 0 aromatic heterocycles. The normalized spacial score (nSPS) is 28.0. The Labute approximate surface area is 172 Å². The van der Waals surface area contributed by atoms with E-state index >= 15 is 0 Å². The number of amides is 1. The van der Waals surface area contributed by atoms with Gasteiger partial charge in [-0.15, -0.1) is 0 Å². The van der Waals surface area contributed by atoms with Gasteiger partial charge >= 0.3 is 0 Å². The van der Waals surface area contributed by atoms with Crippen LogP contribution in [-0.2, 0) is 9.47 Å². The number of benzene rings is 1. The molecule has 1 unspecified atom stereocenters. The zero-order valence-corrected chi connectivity index (χ0v) is 17.2. The molecule has 0 bridgehead atoms. The summed E-state index contributed by atoms with van der Waals surface area (Å²) in [7, 11) is 1.64. The Bertz CT molecular complexity index is 728. The lowest BCUT2D eigenvalue weighted by atomic mass is 9.80. The Balaban J connectivity index is 1.33. The predicted molar refractivity (Wildman–Crippen MR) is 108 cm³/mol. The highest BCUT2D eigenvalue weighted by molar-refractivity contribution is 5.94. The molecule has 0 aliphatic carbocycles. The van der Waals surface area contributed by atoms with Crippen LogP contribution in [-0.4, -0.2) is 104 Å². The molecule has 0 radical (unpaired) electrons. The minimum atomic E-state index is 0.0626. The second-order valence-electron chi connectivity index (χ2n) is 8.81. The minimum absolute atomic E-state index is 0.0626. The first-order chi connectivity index (χ1) is 14.2. The number of rotatable bonds is 3. The summed E-state index contributed by atoms with van der Waals surface area (Å²) in [4.78, 5) is 20.6. The van der Waals surface area contributed by atoms with Crippen LogP contribution in [0.1, 0.15) is 23.2 Å². The number of methoxy groups -OCH3 is 1. The SMILES string of the molecule is COc1ccc(C(=O)N2CC3COCCN3C3(C2)CN(C2CCOCC2)C3)cc1. The van der Waals surface area contributed by atoms with Crippen molar-refractivity contribution in [2.24, 2.45) is 0 Å². The van der Waals surface area contributed by atoms with Crippen LogP contribution in [0.4, 0.5) is 0 Å². The molecule has 7 nitrogen and oxygen atoms in total. The average molecular weight is 402 g/mol. The fourth-order valence-corrected chi connectivity index (χ4v) is 5.57. The predicted octanol–water partition coefficient (Wildman–Crippen LogP) is 1.09. The van der Waals surface area contributed by atoms with E-state index in [4.69, 9.17) is 14.2 Å². The minimum Gasteiger partial charge on any atom is -0.497 e. The van der Waals surface area contributed by atoms with Crippen LogP contribution >= 0.6 is 0 Å². The third-order valence-electron chi connectivity index (χ3n) is 7.08. The van der Waals surface area contributed by atoms with Crippen molar-refractivity contribution in [3.8, 4) is 5.75 Å². The number of fused-ring (bicyclic) bond motifs is 2. The van der Waals surface area contributed by atoms with E-state index in [1.54, 1.807) is 7.11 Å². The summed E-state index contributed by atoms with van der Waals surface area (Å²) < 4.78 is 16.6. The second-order valence-corrected chi connectivity index (χ2v) is 8.81. The number of nitrogens with zero attached hydrogens (tertiary/aromatic N) is 3. The van der Waals surface area contributed by atoms with Gasteiger partial charge in [0, 0.05) is 57.5 Å². The van der Waals surface area contributed by atoms with Crippen molar-refractivity contribution in [2.75, 3.05) is 66.3 Å². The van der Waals surface area contributed by atoms with Gasteiger partial charge in [0.05, 0.1) is 31.9 Å². The van der Waals surface area contributed by atoms with Crippen LogP contribution < -0.4 is 4.74 Å². The van der Waals surface area contributed by atoms with Crippen LogP contribution in [0.15, 0.2) is 24.3 Å². The first-order valence-electron chi connectivity index (χ1n) is 10.8. The van der Waals surface area contributed by atoms with Gasteiger partial charge in [-0.2, -0.15) is 0 Å². The molecule has 0 saturated carbocycles. The van der Waals surface area contributed by atoms with E-state index in [1.807, 2.05) is 24.3 Å². The lowest BCUT2D eigenvalue weighted by molar-refractivity contribution is -0.171. The Morgan fingerprint density at radius 1 is 1.03 bits per heavy atom. The van der Waals surface area contributed by atoms with Crippen LogP contribution in [0.3, 0.4) is 0 Å². The van der Waals surface area contributed by atoms with Crippen LogP contribution in [0.5, 0.6) is 5.75 Å². The molecular weight excluding hydrogens is 370 g/mol. The van der Waals surface area contributed by atoms with Gasteiger partial charge in [0.25, 0.3) is 5.91 Å². The van der Waals surface area contributed by atoms with Crippen molar-refractivity contribution in [3.63, 3.8) is 0 Å². The highest BCUT2D eigenvalue weighted by Crippen LogP contribution is 2.38. The Morgan fingerprint density at radius 3 is 2.52 bits per heavy atom. The standard InChI is InChI=1S/C22H31N3O4/c1-27-20-4-2-17(3-5-20)21(26)23-12-19-13-29-11-8-25(19)22(14-23)15-24(16-22)18-6-9-28-10-7-18/h2-5,18-19H,6-16H2,1H3. The Morgan fingerprint density at radius 2 is 1.79 bits per heavy atom. The van der Waals surface area contributed by atoms with E-state index in [-0.39, 0.29) is 17.5 Å². The molecule has 4 aliphatic rings. The van der Waals surface area contributed by atoms with Crippen LogP contribution in [0.2, 0.25) is 0 Å². The zero-order chi connectivity index (χ0) is 19.8. The first-order valence-corrected chi connectivity index (χ1v) is 10.8. The maximum atomic E-state index is 13.3. The number of ether oxygens (including phenoxy) is 3. The molecule has 1 aromatic rings. The Hall–Kier alpha value is -1.67. The molecule has 1 aromatic carbocycles. The molecule has 4 saturated heterocycles. The number of likely N-dealkylation sites (tertiary alicyclic amines) is 1. The summed E-state index contributed by atoms with van der Waals surface area (Å²) in [6.07, 6.45) is 2.24. The van der Waals surface area contributed by atoms with Gasteiger partial charge in [-0.25, -0.2) is 0 Å². The smallest absolute Gasteiger partial charge is 0.253 e. The number of piperazine rings is 1. The largest absolute Gasteiger partial charge is 0.497 e. The summed E-state index contributed by atoms with van der Waals surface area (Å²) in [5, 5.41) is 0. The number of carbonyl (C=O) groups is 1. The van der Waals surface area contributed by atoms with Gasteiger partial charge in [0.2, 0.25) is 0 Å². The molecule has 1 atom stereocenters. The molecule has 158 valence electrons. The van der Waals surface area contributed by atoms with E-state index in [0.717, 1.165) is 76.7 Å². The van der Waals surface area contributed by atoms with Crippen molar-refractivity contribution in [3.05, 3.63) is 29.8 Å². The quantitative estimate of drug-likeness (QED) is 0.756. The van der Waals surface area contributed by atoms with E-state index in [0.29, 0.717) is 12.6 Å². The Kier molecular flexibility index (Phi) is 5.24. The number of morpholine rings is 1. The van der Waals surface area contributed by atoms with E-state index in [2.05, 4.69) is 14.7 Å². The molecule has 7 heteroatoms. The van der Waals surface area contributed by atoms with Gasteiger partial charge in [-0.05, 0) is 37.1 Å². The molecule has 0 N–H and O–H groups in total. The molecule has 4 aliphatic heterocycles. The van der Waals surface area contributed by atoms with Crippen molar-refractivity contribution in [2.45, 2.75) is 30.5 Å². The van der Waals surface area contributed by atoms with Crippen molar-refractivity contribution in [1.82, 2.24) is 14.7 Å². The molecule has 1 amide bonds. The highest BCUT2D eigenvalue weighted by Gasteiger charge is 2.56. The van der Waals surface area contributed by atoms with Gasteiger partial charge < -0.3 is 19.1 Å². The molecule has 4 heterocycles. The van der Waals surface area contributed by atoms with Gasteiger partial charge in [0.1, 0.15) is 5.75 Å². The van der Waals surface area contributed by atoms with Gasteiger partial charge in [0.15, 0.2) is 0 Å². The molecule has 5 rings (SSSR count). The van der Waals surface area contributed by atoms with Crippen molar-refractivity contribution < 1.29 is 19.0 Å². The van der Waals surface area contributed by atoms with Crippen LogP contribution in [0.25, 0.3) is 0 Å². The maximum absolute atomic E-state index is 13.3. The number of hydrogen-bond donors (Lipinski definition) is 0. The third kappa shape index (κ3) is 3.54. The topological polar surface area (TPSA) is 54.5 Å². The molecule has 1 spiro atoms. The monoisotopic (exact) mass is 401 g/mol. The van der Waals surface area contributed by atoms with Gasteiger partial charge in [-0.1, -0.05) is 0 Å². The van der Waals surface area contributed by atoms with Crippen LogP contribution in [0, 0.1) is 0 Å².